The van der Waals surface area contributed by atoms with Crippen molar-refractivity contribution in [3.8, 4) is 11.4 Å². The van der Waals surface area contributed by atoms with Gasteiger partial charge in [0.2, 0.25) is 5.95 Å². The Bertz CT molecular complexity index is 1870. The standard InChI is InChI=1S/C32H33ClN8O2/c1-21-18-22(8-10-26(21)39-16-14-38(2)15-17-39)36-31-35-20-24-29(37-31)40(41(30(24)42)27-7-4-3-6-25(27)33)23-9-11-28(34-19-23)32(43)12-5-13-32/h3-4,6-11,18-20,43H,5,12-17H2,1-2H3,(H,35,36,37). The summed E-state index contributed by atoms with van der Waals surface area (Å²) >= 11 is 6.58. The van der Waals surface area contributed by atoms with Crippen LogP contribution in [0.4, 0.5) is 17.3 Å². The van der Waals surface area contributed by atoms with Crippen LogP contribution in [0.5, 0.6) is 0 Å². The Morgan fingerprint density at radius 2 is 1.72 bits per heavy atom. The van der Waals surface area contributed by atoms with Crippen molar-refractivity contribution in [1.82, 2.24) is 29.2 Å². The Morgan fingerprint density at radius 1 is 0.930 bits per heavy atom. The van der Waals surface area contributed by atoms with Gasteiger partial charge in [-0.3, -0.25) is 9.78 Å². The molecule has 220 valence electrons. The van der Waals surface area contributed by atoms with Crippen LogP contribution in [-0.4, -0.2) is 67.5 Å². The lowest BCUT2D eigenvalue weighted by atomic mass is 9.77. The first-order valence-electron chi connectivity index (χ1n) is 14.6. The van der Waals surface area contributed by atoms with Crippen molar-refractivity contribution < 1.29 is 5.11 Å². The molecule has 2 N–H and O–H groups in total. The molecule has 5 aromatic rings. The third-order valence-electron chi connectivity index (χ3n) is 8.62. The number of aromatic nitrogens is 5. The van der Waals surface area contributed by atoms with Crippen LogP contribution in [0.15, 0.2) is 71.8 Å². The number of piperazine rings is 1. The van der Waals surface area contributed by atoms with E-state index in [0.717, 1.165) is 43.9 Å². The molecule has 0 spiro atoms. The van der Waals surface area contributed by atoms with Crippen LogP contribution in [0.3, 0.4) is 0 Å². The van der Waals surface area contributed by atoms with Gasteiger partial charge in [-0.1, -0.05) is 23.7 Å². The highest BCUT2D eigenvalue weighted by Crippen LogP contribution is 2.40. The normalized spacial score (nSPS) is 16.8. The van der Waals surface area contributed by atoms with E-state index in [0.29, 0.717) is 51.9 Å². The predicted molar refractivity (Wildman–Crippen MR) is 169 cm³/mol. The van der Waals surface area contributed by atoms with Crippen LogP contribution in [0.1, 0.15) is 30.5 Å². The molecule has 2 aliphatic rings. The molecule has 43 heavy (non-hydrogen) atoms. The molecular weight excluding hydrogens is 564 g/mol. The number of hydrogen-bond acceptors (Lipinski definition) is 8. The third kappa shape index (κ3) is 4.95. The van der Waals surface area contributed by atoms with Crippen molar-refractivity contribution in [2.24, 2.45) is 0 Å². The van der Waals surface area contributed by atoms with Crippen molar-refractivity contribution in [2.75, 3.05) is 43.4 Å². The highest BCUT2D eigenvalue weighted by molar-refractivity contribution is 6.32. The molecule has 1 aliphatic heterocycles. The van der Waals surface area contributed by atoms with Gasteiger partial charge < -0.3 is 20.2 Å². The Labute approximate surface area is 254 Å². The fraction of sp³-hybridized carbons (Fsp3) is 0.312. The summed E-state index contributed by atoms with van der Waals surface area (Å²) in [4.78, 5) is 32.5. The second-order valence-electron chi connectivity index (χ2n) is 11.5. The Balaban J connectivity index is 1.29. The molecule has 7 rings (SSSR count). The average Bonchev–Trinajstić information content (AvgIpc) is 3.28. The largest absolute Gasteiger partial charge is 0.384 e. The molecule has 3 aromatic heterocycles. The molecule has 0 atom stereocenters. The number of likely N-dealkylation sites (N-methyl/N-ethyl adjacent to an activating group) is 1. The lowest BCUT2D eigenvalue weighted by molar-refractivity contribution is -0.0426. The third-order valence-corrected chi connectivity index (χ3v) is 8.94. The van der Waals surface area contributed by atoms with Crippen molar-refractivity contribution in [1.29, 1.82) is 0 Å². The number of para-hydroxylation sites is 1. The molecule has 2 aromatic carbocycles. The number of fused-ring (bicyclic) bond motifs is 1. The number of rotatable bonds is 6. The summed E-state index contributed by atoms with van der Waals surface area (Å²) in [6.45, 7) is 6.20. The number of nitrogens with zero attached hydrogens (tertiary/aromatic N) is 7. The maximum atomic E-state index is 13.8. The zero-order chi connectivity index (χ0) is 29.7. The summed E-state index contributed by atoms with van der Waals surface area (Å²) in [6, 6.07) is 17.1. The van der Waals surface area contributed by atoms with Gasteiger partial charge in [0.15, 0.2) is 5.65 Å². The molecule has 11 heteroatoms. The van der Waals surface area contributed by atoms with Crippen molar-refractivity contribution >= 4 is 40.0 Å². The minimum atomic E-state index is -0.892. The Hall–Kier alpha value is -4.25. The molecule has 0 unspecified atom stereocenters. The van der Waals surface area contributed by atoms with E-state index < -0.39 is 5.60 Å². The van der Waals surface area contributed by atoms with E-state index in [9.17, 15) is 9.90 Å². The van der Waals surface area contributed by atoms with Gasteiger partial charge in [-0.25, -0.2) is 14.3 Å². The second-order valence-corrected chi connectivity index (χ2v) is 11.9. The molecule has 0 bridgehead atoms. The SMILES string of the molecule is Cc1cc(Nc2ncc3c(=O)n(-c4ccccc4Cl)n(-c4ccc(C5(O)CCC5)nc4)c3n2)ccc1N1CCN(C)CC1. The molecule has 0 amide bonds. The summed E-state index contributed by atoms with van der Waals surface area (Å²) in [5, 5.41) is 14.9. The van der Waals surface area contributed by atoms with Crippen molar-refractivity contribution in [3.05, 3.63) is 93.6 Å². The van der Waals surface area contributed by atoms with Gasteiger partial charge in [-0.15, -0.1) is 0 Å². The van der Waals surface area contributed by atoms with Crippen LogP contribution in [0.2, 0.25) is 5.02 Å². The van der Waals surface area contributed by atoms with Gasteiger partial charge in [0.05, 0.1) is 28.3 Å². The van der Waals surface area contributed by atoms with Gasteiger partial charge in [0, 0.05) is 43.8 Å². The number of hydrogen-bond donors (Lipinski definition) is 2. The van der Waals surface area contributed by atoms with Crippen molar-refractivity contribution in [3.63, 3.8) is 0 Å². The molecule has 4 heterocycles. The second kappa shape index (κ2) is 10.8. The first kappa shape index (κ1) is 27.6. The molecule has 10 nitrogen and oxygen atoms in total. The van der Waals surface area contributed by atoms with E-state index in [-0.39, 0.29) is 5.56 Å². The summed E-state index contributed by atoms with van der Waals surface area (Å²) in [5.41, 5.74) is 4.20. The van der Waals surface area contributed by atoms with Crippen LogP contribution in [0.25, 0.3) is 22.4 Å². The Kier molecular flexibility index (Phi) is 6.92. The molecule has 1 saturated heterocycles. The van der Waals surface area contributed by atoms with E-state index in [1.807, 2.05) is 30.3 Å². The van der Waals surface area contributed by atoms with Crippen LogP contribution >= 0.6 is 11.6 Å². The zero-order valence-corrected chi connectivity index (χ0v) is 24.9. The molecule has 1 saturated carbocycles. The number of aliphatic hydroxyl groups is 1. The van der Waals surface area contributed by atoms with E-state index >= 15 is 0 Å². The molecule has 2 fully saturated rings. The number of halogens is 1. The highest BCUT2D eigenvalue weighted by atomic mass is 35.5. The molecule has 0 radical (unpaired) electrons. The fourth-order valence-corrected chi connectivity index (χ4v) is 6.16. The van der Waals surface area contributed by atoms with E-state index in [2.05, 4.69) is 51.2 Å². The quantitative estimate of drug-likeness (QED) is 0.288. The van der Waals surface area contributed by atoms with Gasteiger partial charge in [0.1, 0.15) is 11.0 Å². The number of pyridine rings is 1. The number of aryl methyl sites for hydroxylation is 1. The van der Waals surface area contributed by atoms with Gasteiger partial charge in [-0.05, 0) is 81.3 Å². The van der Waals surface area contributed by atoms with Crippen molar-refractivity contribution in [2.45, 2.75) is 31.8 Å². The van der Waals surface area contributed by atoms with E-state index in [1.54, 1.807) is 29.2 Å². The summed E-state index contributed by atoms with van der Waals surface area (Å²) in [5.74, 6) is 0.359. The topological polar surface area (TPSA) is 104 Å². The van der Waals surface area contributed by atoms with Crippen LogP contribution in [0, 0.1) is 6.92 Å². The lowest BCUT2D eigenvalue weighted by Gasteiger charge is -2.35. The average molecular weight is 597 g/mol. The first-order chi connectivity index (χ1) is 20.8. The minimum Gasteiger partial charge on any atom is -0.384 e. The summed E-state index contributed by atoms with van der Waals surface area (Å²) < 4.78 is 3.20. The fourth-order valence-electron chi connectivity index (χ4n) is 5.94. The van der Waals surface area contributed by atoms with E-state index in [1.165, 1.54) is 10.4 Å². The minimum absolute atomic E-state index is 0.302. The predicted octanol–water partition coefficient (Wildman–Crippen LogP) is 4.80. The Morgan fingerprint density at radius 3 is 2.40 bits per heavy atom. The highest BCUT2D eigenvalue weighted by Gasteiger charge is 2.37. The van der Waals surface area contributed by atoms with Gasteiger partial charge >= 0.3 is 0 Å². The first-order valence-corrected chi connectivity index (χ1v) is 14.9. The number of nitrogens with one attached hydrogen (secondary N) is 1. The number of anilines is 3. The summed E-state index contributed by atoms with van der Waals surface area (Å²) in [7, 11) is 2.15. The monoisotopic (exact) mass is 596 g/mol. The van der Waals surface area contributed by atoms with Crippen LogP contribution < -0.4 is 15.8 Å². The molecular formula is C32H33ClN8O2. The molecule has 1 aliphatic carbocycles. The van der Waals surface area contributed by atoms with E-state index in [4.69, 9.17) is 16.6 Å². The number of benzene rings is 2. The van der Waals surface area contributed by atoms with Gasteiger partial charge in [0.25, 0.3) is 5.56 Å². The lowest BCUT2D eigenvalue weighted by Crippen LogP contribution is -2.44. The smallest absolute Gasteiger partial charge is 0.282 e. The zero-order valence-electron chi connectivity index (χ0n) is 24.2. The van der Waals surface area contributed by atoms with Gasteiger partial charge in [-0.2, -0.15) is 4.98 Å². The van der Waals surface area contributed by atoms with Crippen LogP contribution in [-0.2, 0) is 5.60 Å². The maximum Gasteiger partial charge on any atom is 0.282 e. The summed E-state index contributed by atoms with van der Waals surface area (Å²) in [6.07, 6.45) is 5.55. The maximum absolute atomic E-state index is 13.8.